The molecule has 6 heteroatoms. The molecule has 2 aromatic rings. The fourth-order valence-corrected chi connectivity index (χ4v) is 2.54. The van der Waals surface area contributed by atoms with Crippen LogP contribution in [0.5, 0.6) is 0 Å². The third-order valence-corrected chi connectivity index (χ3v) is 3.86. The number of ether oxygens (including phenoxy) is 2. The highest BCUT2D eigenvalue weighted by Crippen LogP contribution is 2.15. The molecule has 0 aliphatic rings. The minimum atomic E-state index is -0.197. The molecule has 0 aliphatic carbocycles. The van der Waals surface area contributed by atoms with E-state index in [0.717, 1.165) is 16.6 Å². The number of rotatable bonds is 7. The van der Waals surface area contributed by atoms with Crippen molar-refractivity contribution in [2.24, 2.45) is 5.16 Å². The van der Waals surface area contributed by atoms with Gasteiger partial charge in [-0.2, -0.15) is 0 Å². The van der Waals surface area contributed by atoms with E-state index in [1.54, 1.807) is 6.21 Å². The second kappa shape index (κ2) is 11.8. The minimum Gasteiger partial charge on any atom is -0.399 e. The zero-order valence-corrected chi connectivity index (χ0v) is 17.7. The van der Waals surface area contributed by atoms with Gasteiger partial charge in [-0.15, -0.1) is 0 Å². The fraction of sp³-hybridized carbons (Fsp3) is 0.435. The maximum absolute atomic E-state index is 5.49. The van der Waals surface area contributed by atoms with Gasteiger partial charge in [-0.25, -0.2) is 9.97 Å². The lowest BCUT2D eigenvalue weighted by molar-refractivity contribution is 0.116. The summed E-state index contributed by atoms with van der Waals surface area (Å²) in [5.41, 5.74) is 3.63. The third-order valence-electron chi connectivity index (χ3n) is 3.86. The Kier molecular flexibility index (Phi) is 9.11. The van der Waals surface area contributed by atoms with Crippen LogP contribution in [0.15, 0.2) is 23.4 Å². The van der Waals surface area contributed by atoms with Crippen molar-refractivity contribution in [2.45, 2.75) is 46.3 Å². The maximum atomic E-state index is 5.49. The zero-order chi connectivity index (χ0) is 21.1. The normalized spacial score (nSPS) is 12.7. The number of nitrogens with zero attached hydrogens (tertiary/aromatic N) is 3. The Bertz CT molecular complexity index is 964. The van der Waals surface area contributed by atoms with E-state index in [0.29, 0.717) is 31.0 Å². The lowest BCUT2D eigenvalue weighted by Crippen LogP contribution is -2.06. The molecule has 2 unspecified atom stereocenters. The molecule has 1 aromatic heterocycles. The topological polar surface area (TPSA) is 65.8 Å². The van der Waals surface area contributed by atoms with Crippen LogP contribution in [0.25, 0.3) is 11.0 Å². The van der Waals surface area contributed by atoms with Gasteiger partial charge in [-0.05, 0) is 57.2 Å². The van der Waals surface area contributed by atoms with Crippen molar-refractivity contribution in [3.05, 3.63) is 35.2 Å². The van der Waals surface area contributed by atoms with Crippen LogP contribution in [0.4, 0.5) is 0 Å². The molecule has 0 saturated carbocycles. The van der Waals surface area contributed by atoms with E-state index in [1.807, 2.05) is 45.9 Å². The summed E-state index contributed by atoms with van der Waals surface area (Å²) in [5, 5.41) is 3.77. The molecule has 1 heterocycles. The molecule has 0 aliphatic heterocycles. The fourth-order valence-electron chi connectivity index (χ4n) is 2.54. The average molecular weight is 393 g/mol. The first kappa shape index (κ1) is 22.4. The highest BCUT2D eigenvalue weighted by molar-refractivity contribution is 5.77. The largest absolute Gasteiger partial charge is 0.399 e. The van der Waals surface area contributed by atoms with Gasteiger partial charge < -0.3 is 14.3 Å². The Morgan fingerprint density at radius 1 is 0.966 bits per heavy atom. The SMILES string of the molecule is CCOC(C)C#Cc1nc2ccc(CC=NOC)cc2nc1C#CC(C)OCC. The van der Waals surface area contributed by atoms with Gasteiger partial charge in [0.15, 0.2) is 0 Å². The predicted octanol–water partition coefficient (Wildman–Crippen LogP) is 3.36. The van der Waals surface area contributed by atoms with Crippen molar-refractivity contribution in [2.75, 3.05) is 20.3 Å². The van der Waals surface area contributed by atoms with Crippen molar-refractivity contribution in [3.8, 4) is 23.7 Å². The number of hydrogen-bond donors (Lipinski definition) is 0. The number of aromatic nitrogens is 2. The zero-order valence-electron chi connectivity index (χ0n) is 17.7. The summed E-state index contributed by atoms with van der Waals surface area (Å²) < 4.78 is 11.0. The molecular formula is C23H27N3O3. The summed E-state index contributed by atoms with van der Waals surface area (Å²) in [7, 11) is 1.52. The summed E-state index contributed by atoms with van der Waals surface area (Å²) >= 11 is 0. The highest BCUT2D eigenvalue weighted by atomic mass is 16.6. The van der Waals surface area contributed by atoms with Crippen LogP contribution in [-0.4, -0.2) is 48.7 Å². The molecule has 6 nitrogen and oxygen atoms in total. The van der Waals surface area contributed by atoms with Crippen LogP contribution in [0.2, 0.25) is 0 Å². The van der Waals surface area contributed by atoms with Gasteiger partial charge in [0.1, 0.15) is 30.7 Å². The van der Waals surface area contributed by atoms with Gasteiger partial charge in [0.05, 0.1) is 11.0 Å². The summed E-state index contributed by atoms with van der Waals surface area (Å²) in [5.74, 6) is 12.3. The molecule has 0 amide bonds. The molecule has 1 aromatic carbocycles. The van der Waals surface area contributed by atoms with Gasteiger partial charge in [0.25, 0.3) is 0 Å². The van der Waals surface area contributed by atoms with Crippen LogP contribution >= 0.6 is 0 Å². The molecule has 0 bridgehead atoms. The first-order chi connectivity index (χ1) is 14.1. The van der Waals surface area contributed by atoms with Crippen molar-refractivity contribution in [1.82, 2.24) is 9.97 Å². The van der Waals surface area contributed by atoms with Crippen molar-refractivity contribution < 1.29 is 14.3 Å². The van der Waals surface area contributed by atoms with Gasteiger partial charge >= 0.3 is 0 Å². The van der Waals surface area contributed by atoms with Crippen LogP contribution in [0, 0.1) is 23.7 Å². The summed E-state index contributed by atoms with van der Waals surface area (Å²) in [6, 6.07) is 5.89. The van der Waals surface area contributed by atoms with E-state index in [2.05, 4.69) is 33.8 Å². The molecule has 2 atom stereocenters. The van der Waals surface area contributed by atoms with Crippen LogP contribution in [-0.2, 0) is 20.7 Å². The highest BCUT2D eigenvalue weighted by Gasteiger charge is 2.07. The predicted molar refractivity (Wildman–Crippen MR) is 115 cm³/mol. The Labute approximate surface area is 172 Å². The number of oxime groups is 1. The quantitative estimate of drug-likeness (QED) is 0.410. The van der Waals surface area contributed by atoms with Crippen LogP contribution < -0.4 is 0 Å². The van der Waals surface area contributed by atoms with Gasteiger partial charge in [-0.1, -0.05) is 23.1 Å². The molecule has 0 saturated heterocycles. The first-order valence-corrected chi connectivity index (χ1v) is 9.69. The molecule has 0 fully saturated rings. The van der Waals surface area contributed by atoms with E-state index in [4.69, 9.17) is 19.3 Å². The standard InChI is InChI=1S/C23H27N3O3/c1-6-28-17(3)8-11-20-21(12-9-18(4)29-7-2)26-23-16-19(14-15-24-27-5)10-13-22(23)25-20/h10,13,15-18H,6-7,14H2,1-5H3. The minimum absolute atomic E-state index is 0.192. The second-order valence-electron chi connectivity index (χ2n) is 6.15. The number of benzene rings is 1. The first-order valence-electron chi connectivity index (χ1n) is 9.69. The lowest BCUT2D eigenvalue weighted by atomic mass is 10.1. The molecule has 0 radical (unpaired) electrons. The Morgan fingerprint density at radius 3 is 2.10 bits per heavy atom. The van der Waals surface area contributed by atoms with Gasteiger partial charge in [-0.3, -0.25) is 0 Å². The molecule has 29 heavy (non-hydrogen) atoms. The molecule has 2 rings (SSSR count). The number of fused-ring (bicyclic) bond motifs is 1. The van der Waals surface area contributed by atoms with E-state index in [9.17, 15) is 0 Å². The molecule has 0 N–H and O–H groups in total. The molecule has 0 spiro atoms. The summed E-state index contributed by atoms with van der Waals surface area (Å²) in [4.78, 5) is 14.1. The number of hydrogen-bond acceptors (Lipinski definition) is 6. The van der Waals surface area contributed by atoms with Crippen LogP contribution in [0.1, 0.15) is 44.6 Å². The smallest absolute Gasteiger partial charge is 0.148 e. The monoisotopic (exact) mass is 393 g/mol. The molecule has 152 valence electrons. The summed E-state index contributed by atoms with van der Waals surface area (Å²) in [6.45, 7) is 8.89. The average Bonchev–Trinajstić information content (AvgIpc) is 2.71. The molecular weight excluding hydrogens is 366 g/mol. The lowest BCUT2D eigenvalue weighted by Gasteiger charge is -2.05. The second-order valence-corrected chi connectivity index (χ2v) is 6.15. The summed E-state index contributed by atoms with van der Waals surface area (Å²) in [6.07, 6.45) is 1.95. The van der Waals surface area contributed by atoms with E-state index >= 15 is 0 Å². The van der Waals surface area contributed by atoms with Crippen molar-refractivity contribution in [3.63, 3.8) is 0 Å². The van der Waals surface area contributed by atoms with E-state index in [-0.39, 0.29) is 12.2 Å². The van der Waals surface area contributed by atoms with Crippen LogP contribution in [0.3, 0.4) is 0 Å². The van der Waals surface area contributed by atoms with Gasteiger partial charge in [0, 0.05) is 25.8 Å². The third kappa shape index (κ3) is 7.19. The van der Waals surface area contributed by atoms with Crippen molar-refractivity contribution >= 4 is 17.2 Å². The Hall–Kier alpha value is -2.93. The van der Waals surface area contributed by atoms with E-state index in [1.165, 1.54) is 7.11 Å². The maximum Gasteiger partial charge on any atom is 0.148 e. The Morgan fingerprint density at radius 2 is 1.55 bits per heavy atom. The Balaban J connectivity index is 2.46. The van der Waals surface area contributed by atoms with Crippen molar-refractivity contribution in [1.29, 1.82) is 0 Å². The van der Waals surface area contributed by atoms with E-state index < -0.39 is 0 Å². The van der Waals surface area contributed by atoms with Gasteiger partial charge in [0.2, 0.25) is 0 Å².